The summed E-state index contributed by atoms with van der Waals surface area (Å²) >= 11 is 0. The van der Waals surface area contributed by atoms with E-state index in [4.69, 9.17) is 0 Å². The second-order valence-electron chi connectivity index (χ2n) is 5.12. The third kappa shape index (κ3) is 5.43. The second-order valence-corrected chi connectivity index (χ2v) is 5.12. The van der Waals surface area contributed by atoms with E-state index in [0.29, 0.717) is 6.07 Å². The van der Waals surface area contributed by atoms with E-state index < -0.39 is 46.9 Å². The van der Waals surface area contributed by atoms with Crippen molar-refractivity contribution in [1.82, 2.24) is 0 Å². The van der Waals surface area contributed by atoms with Crippen LogP contribution in [0.1, 0.15) is 15.9 Å². The van der Waals surface area contributed by atoms with E-state index in [9.17, 15) is 37.6 Å². The minimum Gasteiger partial charge on any atom is -0.502 e. The number of ether oxygens (including phenoxy) is 2. The molecule has 2 aromatic carbocycles. The van der Waals surface area contributed by atoms with Crippen molar-refractivity contribution in [2.45, 2.75) is 13.2 Å². The molecule has 0 aliphatic heterocycles. The van der Waals surface area contributed by atoms with Gasteiger partial charge in [0.15, 0.2) is 11.5 Å². The number of phenols is 1. The summed E-state index contributed by atoms with van der Waals surface area (Å²) in [5, 5.41) is 20.2. The molecule has 0 aliphatic rings. The van der Waals surface area contributed by atoms with E-state index in [2.05, 4.69) is 9.47 Å². The molecule has 7 nitrogen and oxygen atoms in total. The first-order valence-electron chi connectivity index (χ1n) is 7.41. The maximum atomic E-state index is 12.5. The van der Waals surface area contributed by atoms with E-state index in [0.717, 1.165) is 36.4 Å². The Labute approximate surface area is 154 Å². The van der Waals surface area contributed by atoms with Crippen molar-refractivity contribution in [3.05, 3.63) is 63.7 Å². The Kier molecular flexibility index (Phi) is 6.53. The zero-order valence-electron chi connectivity index (χ0n) is 13.7. The third-order valence-electron chi connectivity index (χ3n) is 3.28. The van der Waals surface area contributed by atoms with Gasteiger partial charge >= 0.3 is 18.9 Å². The minimum absolute atomic E-state index is 0.173. The number of ketones is 1. The SMILES string of the molecule is O=C(/C=C/c1ccc(O)c([N+](=O)[O-])c1)c1ccc(OC(F)F)cc1OC(F)F. The number of nitro groups is 1. The van der Waals surface area contributed by atoms with E-state index >= 15 is 0 Å². The van der Waals surface area contributed by atoms with Crippen molar-refractivity contribution in [2.24, 2.45) is 0 Å². The van der Waals surface area contributed by atoms with Gasteiger partial charge in [-0.2, -0.15) is 17.6 Å². The Morgan fingerprint density at radius 2 is 1.75 bits per heavy atom. The van der Waals surface area contributed by atoms with E-state index in [1.807, 2.05) is 0 Å². The molecule has 0 amide bonds. The zero-order chi connectivity index (χ0) is 20.8. The monoisotopic (exact) mass is 401 g/mol. The van der Waals surface area contributed by atoms with Gasteiger partial charge in [0.25, 0.3) is 0 Å². The van der Waals surface area contributed by atoms with Gasteiger partial charge in [0.2, 0.25) is 0 Å². The summed E-state index contributed by atoms with van der Waals surface area (Å²) in [4.78, 5) is 22.2. The topological polar surface area (TPSA) is 98.9 Å². The highest BCUT2D eigenvalue weighted by atomic mass is 19.3. The Hall–Kier alpha value is -3.63. The average molecular weight is 401 g/mol. The molecule has 0 heterocycles. The van der Waals surface area contributed by atoms with Gasteiger partial charge in [0.1, 0.15) is 11.5 Å². The molecule has 0 saturated carbocycles. The molecule has 0 radical (unpaired) electrons. The lowest BCUT2D eigenvalue weighted by atomic mass is 10.1. The highest BCUT2D eigenvalue weighted by molar-refractivity contribution is 6.08. The first-order chi connectivity index (χ1) is 13.2. The van der Waals surface area contributed by atoms with Crippen molar-refractivity contribution in [3.8, 4) is 17.2 Å². The number of nitro benzene ring substituents is 1. The van der Waals surface area contributed by atoms with Gasteiger partial charge in [-0.15, -0.1) is 0 Å². The fourth-order valence-electron chi connectivity index (χ4n) is 2.13. The maximum absolute atomic E-state index is 12.5. The van der Waals surface area contributed by atoms with E-state index in [1.54, 1.807) is 0 Å². The van der Waals surface area contributed by atoms with Crippen molar-refractivity contribution in [1.29, 1.82) is 0 Å². The maximum Gasteiger partial charge on any atom is 0.387 e. The lowest BCUT2D eigenvalue weighted by molar-refractivity contribution is -0.385. The number of allylic oxidation sites excluding steroid dienone is 1. The summed E-state index contributed by atoms with van der Waals surface area (Å²) in [6.07, 6.45) is 2.06. The molecule has 11 heteroatoms. The van der Waals surface area contributed by atoms with Crippen molar-refractivity contribution in [2.75, 3.05) is 0 Å². The summed E-state index contributed by atoms with van der Waals surface area (Å²) in [5.74, 6) is -2.58. The number of benzene rings is 2. The van der Waals surface area contributed by atoms with Gasteiger partial charge in [-0.1, -0.05) is 12.1 Å². The molecule has 0 saturated heterocycles. The van der Waals surface area contributed by atoms with Crippen LogP contribution in [-0.2, 0) is 0 Å². The van der Waals surface area contributed by atoms with Gasteiger partial charge < -0.3 is 14.6 Å². The van der Waals surface area contributed by atoms with Crippen LogP contribution in [0.4, 0.5) is 23.2 Å². The van der Waals surface area contributed by atoms with Crippen molar-refractivity contribution in [3.63, 3.8) is 0 Å². The predicted octanol–water partition coefficient (Wildman–Crippen LogP) is 4.40. The van der Waals surface area contributed by atoms with Gasteiger partial charge in [0, 0.05) is 12.1 Å². The van der Waals surface area contributed by atoms with Crippen molar-refractivity contribution >= 4 is 17.5 Å². The minimum atomic E-state index is -3.32. The van der Waals surface area contributed by atoms with Gasteiger partial charge in [-0.3, -0.25) is 14.9 Å². The molecule has 0 aliphatic carbocycles. The predicted molar refractivity (Wildman–Crippen MR) is 87.8 cm³/mol. The molecule has 0 fully saturated rings. The summed E-state index contributed by atoms with van der Waals surface area (Å²) in [6.45, 7) is -6.52. The summed E-state index contributed by atoms with van der Waals surface area (Å²) in [7, 11) is 0. The number of nitrogens with zero attached hydrogens (tertiary/aromatic N) is 1. The number of phenolic OH excluding ortho intramolecular Hbond substituents is 1. The quantitative estimate of drug-likeness (QED) is 0.231. The van der Waals surface area contributed by atoms with Crippen LogP contribution in [0.15, 0.2) is 42.5 Å². The standard InChI is InChI=1S/C17H11F4NO6/c18-16(19)27-10-3-4-11(15(8-10)28-17(20)21)13(23)5-1-9-2-6-14(24)12(7-9)22(25)26/h1-8,16-17,24H/b5-1+. The Bertz CT molecular complexity index is 917. The normalized spacial score (nSPS) is 11.2. The van der Waals surface area contributed by atoms with E-state index in [1.165, 1.54) is 6.07 Å². The number of aromatic hydroxyl groups is 1. The molecule has 0 aromatic heterocycles. The molecule has 2 rings (SSSR count). The van der Waals surface area contributed by atoms with E-state index in [-0.39, 0.29) is 11.1 Å². The number of carbonyl (C=O) groups is 1. The fraction of sp³-hybridized carbons (Fsp3) is 0.118. The highest BCUT2D eigenvalue weighted by Gasteiger charge is 2.17. The molecule has 0 unspecified atom stereocenters. The summed E-state index contributed by atoms with van der Waals surface area (Å²) in [6, 6.07) is 5.96. The van der Waals surface area contributed by atoms with Crippen LogP contribution >= 0.6 is 0 Å². The van der Waals surface area contributed by atoms with Crippen LogP contribution in [0.25, 0.3) is 6.08 Å². The van der Waals surface area contributed by atoms with Gasteiger partial charge in [-0.25, -0.2) is 0 Å². The molecular formula is C17H11F4NO6. The van der Waals surface area contributed by atoms with Crippen LogP contribution in [0.5, 0.6) is 17.2 Å². The Morgan fingerprint density at radius 3 is 2.36 bits per heavy atom. The zero-order valence-corrected chi connectivity index (χ0v) is 13.7. The lowest BCUT2D eigenvalue weighted by Gasteiger charge is -2.11. The van der Waals surface area contributed by atoms with Gasteiger partial charge in [-0.05, 0) is 29.8 Å². The lowest BCUT2D eigenvalue weighted by Crippen LogP contribution is -2.08. The number of rotatable bonds is 8. The first kappa shape index (κ1) is 20.7. The smallest absolute Gasteiger partial charge is 0.387 e. The van der Waals surface area contributed by atoms with Crippen molar-refractivity contribution < 1.29 is 41.9 Å². The van der Waals surface area contributed by atoms with Crippen LogP contribution < -0.4 is 9.47 Å². The number of hydrogen-bond acceptors (Lipinski definition) is 6. The van der Waals surface area contributed by atoms with Crippen LogP contribution in [0.3, 0.4) is 0 Å². The molecule has 0 atom stereocenters. The molecular weight excluding hydrogens is 390 g/mol. The Morgan fingerprint density at radius 1 is 1.07 bits per heavy atom. The largest absolute Gasteiger partial charge is 0.502 e. The van der Waals surface area contributed by atoms with Crippen LogP contribution in [-0.4, -0.2) is 29.0 Å². The fourth-order valence-corrected chi connectivity index (χ4v) is 2.13. The molecule has 148 valence electrons. The molecule has 0 bridgehead atoms. The summed E-state index contributed by atoms with van der Waals surface area (Å²) in [5.41, 5.74) is -0.789. The second kappa shape index (κ2) is 8.84. The van der Waals surface area contributed by atoms with Gasteiger partial charge in [0.05, 0.1) is 10.5 Å². The average Bonchev–Trinajstić information content (AvgIpc) is 2.59. The number of alkyl halides is 4. The number of halogens is 4. The number of carbonyl (C=O) groups excluding carboxylic acids is 1. The summed E-state index contributed by atoms with van der Waals surface area (Å²) < 4.78 is 57.8. The van der Waals surface area contributed by atoms with Crippen LogP contribution in [0.2, 0.25) is 0 Å². The van der Waals surface area contributed by atoms with Crippen LogP contribution in [0, 0.1) is 10.1 Å². The third-order valence-corrected chi connectivity index (χ3v) is 3.28. The number of hydrogen-bond donors (Lipinski definition) is 1. The molecule has 28 heavy (non-hydrogen) atoms. The molecule has 0 spiro atoms. The highest BCUT2D eigenvalue weighted by Crippen LogP contribution is 2.29. The molecule has 1 N–H and O–H groups in total. The Balaban J connectivity index is 2.31. The molecule has 2 aromatic rings. The first-order valence-corrected chi connectivity index (χ1v) is 7.41.